The van der Waals surface area contributed by atoms with E-state index in [1.807, 2.05) is 30.3 Å². The Bertz CT molecular complexity index is 838. The lowest BCUT2D eigenvalue weighted by Gasteiger charge is -2.11. The minimum absolute atomic E-state index is 0. The Morgan fingerprint density at radius 2 is 1.79 bits per heavy atom. The molecule has 150 valence electrons. The maximum atomic E-state index is 11.9. The highest BCUT2D eigenvalue weighted by Crippen LogP contribution is 2.32. The van der Waals surface area contributed by atoms with Crippen LogP contribution >= 0.6 is 24.0 Å². The highest BCUT2D eigenvalue weighted by Gasteiger charge is 2.11. The van der Waals surface area contributed by atoms with Crippen LogP contribution in [0, 0.1) is 0 Å². The summed E-state index contributed by atoms with van der Waals surface area (Å²) in [6.07, 6.45) is 0.861. The summed E-state index contributed by atoms with van der Waals surface area (Å²) in [6.45, 7) is 1.70. The van der Waals surface area contributed by atoms with Gasteiger partial charge in [-0.25, -0.2) is 4.99 Å². The smallest absolute Gasteiger partial charge is 0.253 e. The van der Waals surface area contributed by atoms with Crippen molar-refractivity contribution in [3.63, 3.8) is 0 Å². The van der Waals surface area contributed by atoms with Gasteiger partial charge < -0.3 is 25.4 Å². The zero-order valence-electron chi connectivity index (χ0n) is 16.0. The molecule has 0 saturated carbocycles. The van der Waals surface area contributed by atoms with E-state index in [1.165, 1.54) is 0 Å². The Morgan fingerprint density at radius 3 is 2.46 bits per heavy atom. The molecule has 0 unspecified atom stereocenters. The number of nitrogens with zero attached hydrogens (tertiary/aromatic N) is 2. The maximum Gasteiger partial charge on any atom is 0.253 e. The number of benzene rings is 2. The van der Waals surface area contributed by atoms with Crippen molar-refractivity contribution in [3.05, 3.63) is 53.6 Å². The second kappa shape index (κ2) is 10.2. The summed E-state index contributed by atoms with van der Waals surface area (Å²) < 4.78 is 11.3. The summed E-state index contributed by atoms with van der Waals surface area (Å²) in [7, 11) is 3.46. The van der Waals surface area contributed by atoms with Crippen LogP contribution in [0.15, 0.2) is 47.5 Å². The van der Waals surface area contributed by atoms with Crippen molar-refractivity contribution in [1.29, 1.82) is 0 Å². The number of anilines is 1. The lowest BCUT2D eigenvalue weighted by Crippen LogP contribution is -2.22. The number of fused-ring (bicyclic) bond motifs is 1. The van der Waals surface area contributed by atoms with Gasteiger partial charge in [-0.2, -0.15) is 0 Å². The largest absolute Gasteiger partial charge is 0.490 e. The standard InChI is InChI=1S/C20H24N4O3.HI/c1-24(2)19(25)15-6-4-14(5-7-15)13-22-20(21)23-16-8-9-17-18(12-16)27-11-3-10-26-17;/h4-9,12H,3,10-11,13H2,1-2H3,(H3,21,22,23);1H. The van der Waals surface area contributed by atoms with Gasteiger partial charge in [0.2, 0.25) is 0 Å². The van der Waals surface area contributed by atoms with Gasteiger partial charge >= 0.3 is 0 Å². The van der Waals surface area contributed by atoms with E-state index in [2.05, 4.69) is 10.3 Å². The van der Waals surface area contributed by atoms with Crippen molar-refractivity contribution < 1.29 is 14.3 Å². The topological polar surface area (TPSA) is 89.2 Å². The van der Waals surface area contributed by atoms with Crippen molar-refractivity contribution in [1.82, 2.24) is 4.90 Å². The summed E-state index contributed by atoms with van der Waals surface area (Å²) in [4.78, 5) is 17.8. The molecule has 1 heterocycles. The summed E-state index contributed by atoms with van der Waals surface area (Å²) in [5, 5.41) is 3.06. The van der Waals surface area contributed by atoms with Gasteiger partial charge in [0.15, 0.2) is 17.5 Å². The molecule has 28 heavy (non-hydrogen) atoms. The van der Waals surface area contributed by atoms with Gasteiger partial charge in [-0.15, -0.1) is 24.0 Å². The molecule has 2 aromatic rings. The molecule has 0 saturated heterocycles. The van der Waals surface area contributed by atoms with Crippen molar-refractivity contribution in [2.75, 3.05) is 32.6 Å². The second-order valence-electron chi connectivity index (χ2n) is 6.43. The number of nitrogens with one attached hydrogen (secondary N) is 1. The van der Waals surface area contributed by atoms with E-state index in [-0.39, 0.29) is 29.9 Å². The molecule has 0 aromatic heterocycles. The molecule has 0 fully saturated rings. The fourth-order valence-corrected chi connectivity index (χ4v) is 2.62. The van der Waals surface area contributed by atoms with E-state index in [1.54, 1.807) is 31.1 Å². The molecule has 8 heteroatoms. The Balaban J connectivity index is 0.00000280. The van der Waals surface area contributed by atoms with E-state index in [0.29, 0.717) is 37.0 Å². The van der Waals surface area contributed by atoms with Crippen LogP contribution in [0.3, 0.4) is 0 Å². The molecule has 2 aromatic carbocycles. The van der Waals surface area contributed by atoms with Crippen LogP contribution < -0.4 is 20.5 Å². The van der Waals surface area contributed by atoms with Gasteiger partial charge in [-0.05, 0) is 29.8 Å². The molecule has 0 spiro atoms. The molecule has 1 aliphatic rings. The van der Waals surface area contributed by atoms with Gasteiger partial charge in [0.25, 0.3) is 5.91 Å². The minimum Gasteiger partial charge on any atom is -0.490 e. The van der Waals surface area contributed by atoms with Crippen LogP contribution in [-0.4, -0.2) is 44.1 Å². The number of carbonyl (C=O) groups excluding carboxylic acids is 1. The first-order valence-electron chi connectivity index (χ1n) is 8.80. The van der Waals surface area contributed by atoms with Gasteiger partial charge in [-0.1, -0.05) is 12.1 Å². The van der Waals surface area contributed by atoms with E-state index in [9.17, 15) is 4.79 Å². The summed E-state index contributed by atoms with van der Waals surface area (Å²) in [6, 6.07) is 12.9. The van der Waals surface area contributed by atoms with Crippen LogP contribution in [0.4, 0.5) is 5.69 Å². The Morgan fingerprint density at radius 1 is 1.11 bits per heavy atom. The third-order valence-corrected chi connectivity index (χ3v) is 4.06. The first kappa shape index (κ1) is 21.8. The molecule has 3 N–H and O–H groups in total. The zero-order valence-corrected chi connectivity index (χ0v) is 18.3. The fraction of sp³-hybridized carbons (Fsp3) is 0.300. The molecule has 0 bridgehead atoms. The van der Waals surface area contributed by atoms with E-state index in [0.717, 1.165) is 23.4 Å². The highest BCUT2D eigenvalue weighted by atomic mass is 127. The number of rotatable bonds is 4. The van der Waals surface area contributed by atoms with Crippen LogP contribution in [0.25, 0.3) is 0 Å². The average Bonchev–Trinajstić information content (AvgIpc) is 2.91. The van der Waals surface area contributed by atoms with Crippen molar-refractivity contribution >= 4 is 41.5 Å². The van der Waals surface area contributed by atoms with Gasteiger partial charge in [-0.3, -0.25) is 4.79 Å². The molecule has 0 atom stereocenters. The Hall–Kier alpha value is -2.49. The lowest BCUT2D eigenvalue weighted by molar-refractivity contribution is 0.0827. The van der Waals surface area contributed by atoms with Gasteiger partial charge in [0.1, 0.15) is 0 Å². The van der Waals surface area contributed by atoms with E-state index in [4.69, 9.17) is 15.2 Å². The summed E-state index contributed by atoms with van der Waals surface area (Å²) in [5.41, 5.74) is 8.38. The number of hydrogen-bond donors (Lipinski definition) is 2. The first-order chi connectivity index (χ1) is 13.0. The zero-order chi connectivity index (χ0) is 19.2. The number of ether oxygens (including phenoxy) is 2. The quantitative estimate of drug-likeness (QED) is 0.386. The van der Waals surface area contributed by atoms with Gasteiger partial charge in [0, 0.05) is 37.8 Å². The Labute approximate surface area is 181 Å². The van der Waals surface area contributed by atoms with Crippen molar-refractivity contribution in [3.8, 4) is 11.5 Å². The molecule has 0 radical (unpaired) electrons. The molecule has 7 nitrogen and oxygen atoms in total. The minimum atomic E-state index is -0.0272. The number of amides is 1. The molecule has 1 aliphatic heterocycles. The fourth-order valence-electron chi connectivity index (χ4n) is 2.62. The third kappa shape index (κ3) is 5.75. The number of guanidine groups is 1. The number of nitrogens with two attached hydrogens (primary N) is 1. The normalized spacial score (nSPS) is 13.1. The predicted octanol–water partition coefficient (Wildman–Crippen LogP) is 3.09. The molecular formula is C20H25IN4O3. The highest BCUT2D eigenvalue weighted by molar-refractivity contribution is 14.0. The number of halogens is 1. The monoisotopic (exact) mass is 496 g/mol. The number of carbonyl (C=O) groups is 1. The van der Waals surface area contributed by atoms with Crippen molar-refractivity contribution in [2.24, 2.45) is 10.7 Å². The van der Waals surface area contributed by atoms with Gasteiger partial charge in [0.05, 0.1) is 19.8 Å². The second-order valence-corrected chi connectivity index (χ2v) is 6.43. The molecule has 3 rings (SSSR count). The van der Waals surface area contributed by atoms with Crippen LogP contribution in [-0.2, 0) is 6.54 Å². The average molecular weight is 496 g/mol. The Kier molecular flexibility index (Phi) is 7.91. The third-order valence-electron chi connectivity index (χ3n) is 4.06. The SMILES string of the molecule is CN(C)C(=O)c1ccc(CN=C(N)Nc2ccc3c(c2)OCCCO3)cc1.I. The van der Waals surface area contributed by atoms with E-state index < -0.39 is 0 Å². The van der Waals surface area contributed by atoms with Crippen LogP contribution in [0.2, 0.25) is 0 Å². The summed E-state index contributed by atoms with van der Waals surface area (Å²) in [5.74, 6) is 1.71. The van der Waals surface area contributed by atoms with Crippen molar-refractivity contribution in [2.45, 2.75) is 13.0 Å². The maximum absolute atomic E-state index is 11.9. The number of hydrogen-bond acceptors (Lipinski definition) is 4. The molecule has 0 aliphatic carbocycles. The first-order valence-corrected chi connectivity index (χ1v) is 8.80. The predicted molar refractivity (Wildman–Crippen MR) is 121 cm³/mol. The van der Waals surface area contributed by atoms with Crippen LogP contribution in [0.1, 0.15) is 22.3 Å². The lowest BCUT2D eigenvalue weighted by atomic mass is 10.1. The number of aliphatic imine (C=N–C) groups is 1. The summed E-state index contributed by atoms with van der Waals surface area (Å²) >= 11 is 0. The molecule has 1 amide bonds. The molecular weight excluding hydrogens is 471 g/mol. The van der Waals surface area contributed by atoms with Crippen LogP contribution in [0.5, 0.6) is 11.5 Å². The van der Waals surface area contributed by atoms with E-state index >= 15 is 0 Å².